The van der Waals surface area contributed by atoms with Crippen molar-refractivity contribution < 1.29 is 4.74 Å². The number of nitrogens with zero attached hydrogens (tertiary/aromatic N) is 1. The van der Waals surface area contributed by atoms with Gasteiger partial charge in [0.1, 0.15) is 11.9 Å². The molecule has 1 fully saturated rings. The summed E-state index contributed by atoms with van der Waals surface area (Å²) in [6, 6.07) is 16.0. The van der Waals surface area contributed by atoms with Crippen LogP contribution in [-0.2, 0) is 6.42 Å². The number of hydrogen-bond donors (Lipinski definition) is 0. The van der Waals surface area contributed by atoms with Crippen molar-refractivity contribution >= 4 is 0 Å². The van der Waals surface area contributed by atoms with Crippen molar-refractivity contribution in [2.24, 2.45) is 17.8 Å². The molecule has 3 aliphatic carbocycles. The molecule has 0 N–H and O–H groups in total. The molecule has 0 radical (unpaired) electrons. The van der Waals surface area contributed by atoms with Gasteiger partial charge in [0.2, 0.25) is 0 Å². The molecule has 2 aromatic carbocycles. The summed E-state index contributed by atoms with van der Waals surface area (Å²) in [7, 11) is 0. The Morgan fingerprint density at radius 2 is 1.73 bits per heavy atom. The van der Waals surface area contributed by atoms with Crippen LogP contribution in [-0.4, -0.2) is 0 Å². The number of aryl methyl sites for hydroxylation is 2. The Hall–Kier alpha value is -2.79. The highest BCUT2D eigenvalue weighted by atomic mass is 16.5. The molecule has 3 aliphatic rings. The van der Waals surface area contributed by atoms with Crippen LogP contribution < -0.4 is 4.74 Å². The lowest BCUT2D eigenvalue weighted by molar-refractivity contribution is 0.110. The van der Waals surface area contributed by atoms with Gasteiger partial charge in [0, 0.05) is 17.8 Å². The maximum Gasteiger partial charge on any atom is 0.127 e. The number of rotatable bonds is 4. The predicted molar refractivity (Wildman–Crippen MR) is 134 cm³/mol. The third-order valence-electron chi connectivity index (χ3n) is 8.48. The highest BCUT2D eigenvalue weighted by molar-refractivity contribution is 5.50. The molecule has 2 aromatic rings. The van der Waals surface area contributed by atoms with E-state index in [4.69, 9.17) is 4.74 Å². The van der Waals surface area contributed by atoms with Crippen molar-refractivity contribution in [3.05, 3.63) is 87.0 Å². The van der Waals surface area contributed by atoms with E-state index in [2.05, 4.69) is 83.2 Å². The van der Waals surface area contributed by atoms with E-state index in [1.165, 1.54) is 44.5 Å². The maximum atomic E-state index is 9.46. The molecule has 0 amide bonds. The van der Waals surface area contributed by atoms with Crippen LogP contribution in [0.1, 0.15) is 79.9 Å². The van der Waals surface area contributed by atoms with Gasteiger partial charge in [-0.05, 0) is 101 Å². The summed E-state index contributed by atoms with van der Waals surface area (Å²) in [5.41, 5.74) is 11.1. The summed E-state index contributed by atoms with van der Waals surface area (Å²) in [5, 5.41) is 9.46. The molecular formula is C31H35NO. The van der Waals surface area contributed by atoms with E-state index in [1.54, 1.807) is 0 Å². The molecule has 3 unspecified atom stereocenters. The second kappa shape index (κ2) is 8.53. The van der Waals surface area contributed by atoms with Crippen molar-refractivity contribution in [1.82, 2.24) is 0 Å². The Bertz CT molecular complexity index is 1180. The molecule has 0 bridgehead atoms. The minimum atomic E-state index is 0.0730. The van der Waals surface area contributed by atoms with Gasteiger partial charge >= 0.3 is 0 Å². The van der Waals surface area contributed by atoms with Crippen LogP contribution >= 0.6 is 0 Å². The van der Waals surface area contributed by atoms with Gasteiger partial charge in [-0.2, -0.15) is 5.26 Å². The molecule has 33 heavy (non-hydrogen) atoms. The highest BCUT2D eigenvalue weighted by Gasteiger charge is 2.42. The topological polar surface area (TPSA) is 33.0 Å². The number of benzene rings is 2. The lowest BCUT2D eigenvalue weighted by Gasteiger charge is -2.27. The Balaban J connectivity index is 1.43. The summed E-state index contributed by atoms with van der Waals surface area (Å²) >= 11 is 0. The zero-order valence-electron chi connectivity index (χ0n) is 20.6. The van der Waals surface area contributed by atoms with Crippen LogP contribution in [0.25, 0.3) is 0 Å². The zero-order chi connectivity index (χ0) is 23.3. The number of fused-ring (bicyclic) bond motifs is 1. The average molecular weight is 438 g/mol. The molecule has 170 valence electrons. The van der Waals surface area contributed by atoms with Crippen LogP contribution in [0.5, 0.6) is 5.75 Å². The van der Waals surface area contributed by atoms with E-state index in [9.17, 15) is 5.26 Å². The minimum absolute atomic E-state index is 0.0730. The predicted octanol–water partition coefficient (Wildman–Crippen LogP) is 7.92. The van der Waals surface area contributed by atoms with Gasteiger partial charge in [-0.3, -0.25) is 0 Å². The van der Waals surface area contributed by atoms with Gasteiger partial charge in [0.25, 0.3) is 0 Å². The van der Waals surface area contributed by atoms with E-state index in [1.807, 2.05) is 0 Å². The molecule has 2 nitrogen and oxygen atoms in total. The van der Waals surface area contributed by atoms with Crippen molar-refractivity contribution in [2.45, 2.75) is 72.3 Å². The average Bonchev–Trinajstić information content (AvgIpc) is 3.46. The third-order valence-corrected chi connectivity index (χ3v) is 8.48. The highest BCUT2D eigenvalue weighted by Crippen LogP contribution is 2.50. The second-order valence-corrected chi connectivity index (χ2v) is 10.7. The number of nitriles is 1. The fraction of sp³-hybridized carbons (Fsp3) is 0.452. The van der Waals surface area contributed by atoms with Crippen LogP contribution in [0.15, 0.2) is 59.2 Å². The first-order chi connectivity index (χ1) is 15.9. The van der Waals surface area contributed by atoms with E-state index >= 15 is 0 Å². The van der Waals surface area contributed by atoms with E-state index < -0.39 is 0 Å². The molecule has 0 spiro atoms. The Kier molecular flexibility index (Phi) is 5.69. The van der Waals surface area contributed by atoms with Gasteiger partial charge in [0.15, 0.2) is 0 Å². The van der Waals surface area contributed by atoms with Crippen molar-refractivity contribution in [3.63, 3.8) is 0 Å². The molecule has 0 heterocycles. The van der Waals surface area contributed by atoms with Crippen LogP contribution in [0.3, 0.4) is 0 Å². The molecule has 0 aromatic heterocycles. The smallest absolute Gasteiger partial charge is 0.127 e. The third kappa shape index (κ3) is 3.93. The first kappa shape index (κ1) is 22.0. The zero-order valence-corrected chi connectivity index (χ0v) is 20.6. The number of hydrogen-bond acceptors (Lipinski definition) is 2. The molecule has 5 atom stereocenters. The summed E-state index contributed by atoms with van der Waals surface area (Å²) in [6.45, 7) is 11.1. The van der Waals surface area contributed by atoms with Gasteiger partial charge in [-0.15, -0.1) is 0 Å². The Labute approximate surface area is 199 Å². The summed E-state index contributed by atoms with van der Waals surface area (Å²) < 4.78 is 6.79. The molecular weight excluding hydrogens is 402 g/mol. The van der Waals surface area contributed by atoms with E-state index in [0.717, 1.165) is 31.4 Å². The van der Waals surface area contributed by atoms with Crippen LogP contribution in [0.2, 0.25) is 0 Å². The minimum Gasteiger partial charge on any atom is -0.485 e. The van der Waals surface area contributed by atoms with Gasteiger partial charge in [0.05, 0.1) is 6.07 Å². The molecule has 0 aliphatic heterocycles. The Morgan fingerprint density at radius 1 is 0.970 bits per heavy atom. The summed E-state index contributed by atoms with van der Waals surface area (Å²) in [6.07, 6.45) is 6.65. The summed E-state index contributed by atoms with van der Waals surface area (Å²) in [5.74, 6) is 2.57. The van der Waals surface area contributed by atoms with Gasteiger partial charge in [-0.1, -0.05) is 52.6 Å². The lowest BCUT2D eigenvalue weighted by atomic mass is 9.86. The standard InChI is InChI=1S/C31H35NO/c1-18-12-20(3)27-16-28(25-7-6-23(15-25)17-32)31(29(27)13-18)33-26-10-8-24(9-11-26)30-21(4)14-19(2)22(30)5/h8-14,23,25,28,30-31H,6-7,15-16H2,1-5H3/t23?,25?,28-,30?,31-/m1/s1. The SMILES string of the molecule is CC1=CC(C)=C(C)C1c1ccc(O[C@H]2c3cc(C)cc(C)c3C[C@@H]2C2CCC(C#N)C2)cc1. The normalized spacial score (nSPS) is 28.6. The Morgan fingerprint density at radius 3 is 2.36 bits per heavy atom. The van der Waals surface area contributed by atoms with Crippen molar-refractivity contribution in [1.29, 1.82) is 5.26 Å². The van der Waals surface area contributed by atoms with Crippen LogP contribution in [0.4, 0.5) is 0 Å². The van der Waals surface area contributed by atoms with Crippen molar-refractivity contribution in [3.8, 4) is 11.8 Å². The fourth-order valence-electron chi connectivity index (χ4n) is 6.73. The van der Waals surface area contributed by atoms with E-state index in [-0.39, 0.29) is 12.0 Å². The fourth-order valence-corrected chi connectivity index (χ4v) is 6.73. The van der Waals surface area contributed by atoms with E-state index in [0.29, 0.717) is 17.8 Å². The number of allylic oxidation sites excluding steroid dienone is 4. The van der Waals surface area contributed by atoms with Gasteiger partial charge < -0.3 is 4.74 Å². The molecule has 0 saturated heterocycles. The molecule has 2 heteroatoms. The largest absolute Gasteiger partial charge is 0.485 e. The monoisotopic (exact) mass is 437 g/mol. The maximum absolute atomic E-state index is 9.46. The van der Waals surface area contributed by atoms with Crippen LogP contribution in [0, 0.1) is 42.9 Å². The number of ether oxygens (including phenoxy) is 1. The lowest BCUT2D eigenvalue weighted by Crippen LogP contribution is -2.21. The second-order valence-electron chi connectivity index (χ2n) is 10.7. The molecule has 5 rings (SSSR count). The summed E-state index contributed by atoms with van der Waals surface area (Å²) in [4.78, 5) is 0. The first-order valence-corrected chi connectivity index (χ1v) is 12.5. The van der Waals surface area contributed by atoms with Gasteiger partial charge in [-0.25, -0.2) is 0 Å². The molecule has 1 saturated carbocycles. The quantitative estimate of drug-likeness (QED) is 0.487. The van der Waals surface area contributed by atoms with Crippen molar-refractivity contribution in [2.75, 3.05) is 0 Å². The first-order valence-electron chi connectivity index (χ1n) is 12.5.